The lowest BCUT2D eigenvalue weighted by Gasteiger charge is -2.27. The molecule has 0 saturated carbocycles. The van der Waals surface area contributed by atoms with Crippen molar-refractivity contribution in [2.75, 3.05) is 6.54 Å². The van der Waals surface area contributed by atoms with Gasteiger partial charge in [-0.25, -0.2) is 0 Å². The maximum atomic E-state index is 11.9. The van der Waals surface area contributed by atoms with Gasteiger partial charge in [0.1, 0.15) is 10.8 Å². The Morgan fingerprint density at radius 3 is 2.50 bits per heavy atom. The van der Waals surface area contributed by atoms with Gasteiger partial charge in [-0.1, -0.05) is 37.0 Å². The van der Waals surface area contributed by atoms with Crippen molar-refractivity contribution < 1.29 is 9.90 Å². The Morgan fingerprint density at radius 2 is 2.11 bits per heavy atom. The third kappa shape index (κ3) is 3.19. The summed E-state index contributed by atoms with van der Waals surface area (Å²) in [5.41, 5.74) is -0.585. The number of nitrogens with zero attached hydrogens (tertiary/aromatic N) is 1. The van der Waals surface area contributed by atoms with E-state index in [4.69, 9.17) is 23.2 Å². The summed E-state index contributed by atoms with van der Waals surface area (Å²) in [6, 6.07) is 1.50. The van der Waals surface area contributed by atoms with Crippen LogP contribution in [0.25, 0.3) is 0 Å². The topological polar surface area (TPSA) is 54.3 Å². The van der Waals surface area contributed by atoms with Crippen LogP contribution in [0.15, 0.2) is 6.07 Å². The van der Waals surface area contributed by atoms with Gasteiger partial charge in [0.05, 0.1) is 10.6 Å². The first-order valence-electron chi connectivity index (χ1n) is 5.68. The molecule has 1 atom stereocenters. The lowest BCUT2D eigenvalue weighted by molar-refractivity contribution is 0.0141. The van der Waals surface area contributed by atoms with Crippen LogP contribution in [0, 0.1) is 5.92 Å². The first-order chi connectivity index (χ1) is 8.16. The van der Waals surface area contributed by atoms with Crippen molar-refractivity contribution in [3.8, 4) is 0 Å². The minimum Gasteiger partial charge on any atom is -0.388 e. The lowest BCUT2D eigenvalue weighted by atomic mass is 9.92. The smallest absolute Gasteiger partial charge is 0.268 e. The van der Waals surface area contributed by atoms with Crippen LogP contribution in [0.1, 0.15) is 31.3 Å². The molecular weight excluding hydrogens is 275 g/mol. The molecule has 18 heavy (non-hydrogen) atoms. The van der Waals surface area contributed by atoms with Gasteiger partial charge in [0, 0.05) is 13.6 Å². The average Bonchev–Trinajstić information content (AvgIpc) is 2.54. The summed E-state index contributed by atoms with van der Waals surface area (Å²) in [4.78, 5) is 11.9. The van der Waals surface area contributed by atoms with Crippen LogP contribution >= 0.6 is 23.2 Å². The molecule has 1 aromatic rings. The van der Waals surface area contributed by atoms with Gasteiger partial charge in [0.25, 0.3) is 5.91 Å². The fourth-order valence-corrected chi connectivity index (χ4v) is 1.69. The van der Waals surface area contributed by atoms with Crippen LogP contribution in [0.5, 0.6) is 0 Å². The number of hydrogen-bond acceptors (Lipinski definition) is 2. The zero-order valence-corrected chi connectivity index (χ0v) is 12.4. The zero-order valence-electron chi connectivity index (χ0n) is 10.9. The first-order valence-corrected chi connectivity index (χ1v) is 6.43. The number of carbonyl (C=O) groups excluding carboxylic acids is 1. The Hall–Kier alpha value is -0.710. The van der Waals surface area contributed by atoms with Crippen molar-refractivity contribution in [1.29, 1.82) is 0 Å². The second-order valence-corrected chi connectivity index (χ2v) is 5.69. The SMILES string of the molecule is CC(C)C(C)(O)CNC(=O)c1cc(Cl)c(Cl)n1C. The third-order valence-electron chi connectivity index (χ3n) is 3.20. The van der Waals surface area contributed by atoms with Crippen molar-refractivity contribution in [2.45, 2.75) is 26.4 Å². The van der Waals surface area contributed by atoms with Crippen LogP contribution in [-0.2, 0) is 7.05 Å². The minimum atomic E-state index is -0.950. The van der Waals surface area contributed by atoms with E-state index < -0.39 is 5.60 Å². The van der Waals surface area contributed by atoms with Gasteiger partial charge in [0.15, 0.2) is 0 Å². The van der Waals surface area contributed by atoms with Gasteiger partial charge in [-0.3, -0.25) is 4.79 Å². The van der Waals surface area contributed by atoms with E-state index in [9.17, 15) is 9.90 Å². The van der Waals surface area contributed by atoms with Crippen molar-refractivity contribution in [3.63, 3.8) is 0 Å². The van der Waals surface area contributed by atoms with Gasteiger partial charge in [0.2, 0.25) is 0 Å². The van der Waals surface area contributed by atoms with Gasteiger partial charge >= 0.3 is 0 Å². The molecule has 102 valence electrons. The molecule has 2 N–H and O–H groups in total. The quantitative estimate of drug-likeness (QED) is 0.896. The Bertz CT molecular complexity index is 453. The molecule has 0 aromatic carbocycles. The highest BCUT2D eigenvalue weighted by molar-refractivity contribution is 6.41. The number of amides is 1. The highest BCUT2D eigenvalue weighted by atomic mass is 35.5. The molecule has 0 aliphatic rings. The molecular formula is C12H18Cl2N2O2. The Morgan fingerprint density at radius 1 is 1.56 bits per heavy atom. The van der Waals surface area contributed by atoms with Crippen LogP contribution < -0.4 is 5.32 Å². The molecule has 0 saturated heterocycles. The Labute approximate surface area is 117 Å². The maximum Gasteiger partial charge on any atom is 0.268 e. The summed E-state index contributed by atoms with van der Waals surface area (Å²) < 4.78 is 1.50. The summed E-state index contributed by atoms with van der Waals surface area (Å²) in [6.07, 6.45) is 0. The fraction of sp³-hybridized carbons (Fsp3) is 0.583. The summed E-state index contributed by atoms with van der Waals surface area (Å²) in [7, 11) is 1.66. The molecule has 0 spiro atoms. The van der Waals surface area contributed by atoms with E-state index in [0.717, 1.165) is 0 Å². The molecule has 6 heteroatoms. The Balaban J connectivity index is 2.75. The molecule has 1 amide bonds. The van der Waals surface area contributed by atoms with E-state index >= 15 is 0 Å². The fourth-order valence-electron chi connectivity index (χ4n) is 1.31. The highest BCUT2D eigenvalue weighted by Crippen LogP contribution is 2.25. The first kappa shape index (κ1) is 15.3. The van der Waals surface area contributed by atoms with Gasteiger partial charge < -0.3 is 15.0 Å². The van der Waals surface area contributed by atoms with Crippen molar-refractivity contribution >= 4 is 29.1 Å². The number of aromatic nitrogens is 1. The highest BCUT2D eigenvalue weighted by Gasteiger charge is 2.26. The second-order valence-electron chi connectivity index (χ2n) is 4.92. The summed E-state index contributed by atoms with van der Waals surface area (Å²) in [5.74, 6) is -0.273. The normalized spacial score (nSPS) is 14.7. The molecule has 0 radical (unpaired) electrons. The lowest BCUT2D eigenvalue weighted by Crippen LogP contribution is -2.44. The molecule has 1 heterocycles. The molecule has 0 fully saturated rings. The van der Waals surface area contributed by atoms with E-state index in [-0.39, 0.29) is 18.4 Å². The number of carbonyl (C=O) groups is 1. The predicted octanol–water partition coefficient (Wildman–Crippen LogP) is 2.47. The van der Waals surface area contributed by atoms with E-state index in [1.807, 2.05) is 13.8 Å². The standard InChI is InChI=1S/C12H18Cl2N2O2/c1-7(2)12(3,18)6-15-11(17)9-5-8(13)10(14)16(9)4/h5,7,18H,6H2,1-4H3,(H,15,17). The average molecular weight is 293 g/mol. The van der Waals surface area contributed by atoms with Gasteiger partial charge in [-0.2, -0.15) is 0 Å². The minimum absolute atomic E-state index is 0.0402. The van der Waals surface area contributed by atoms with Gasteiger partial charge in [-0.15, -0.1) is 0 Å². The number of nitrogens with one attached hydrogen (secondary N) is 1. The van der Waals surface area contributed by atoms with E-state index in [1.165, 1.54) is 10.6 Å². The van der Waals surface area contributed by atoms with Crippen molar-refractivity contribution in [1.82, 2.24) is 9.88 Å². The Kier molecular flexibility index (Phi) is 4.70. The van der Waals surface area contributed by atoms with Crippen LogP contribution in [0.2, 0.25) is 10.2 Å². The van der Waals surface area contributed by atoms with Gasteiger partial charge in [-0.05, 0) is 18.9 Å². The predicted molar refractivity (Wildman–Crippen MR) is 73.2 cm³/mol. The number of hydrogen-bond donors (Lipinski definition) is 2. The maximum absolute atomic E-state index is 11.9. The molecule has 4 nitrogen and oxygen atoms in total. The number of aliphatic hydroxyl groups is 1. The monoisotopic (exact) mass is 292 g/mol. The zero-order chi connectivity index (χ0) is 14.1. The second kappa shape index (κ2) is 5.51. The van der Waals surface area contributed by atoms with E-state index in [1.54, 1.807) is 14.0 Å². The molecule has 0 aliphatic carbocycles. The summed E-state index contributed by atoms with van der Waals surface area (Å²) in [6.45, 7) is 5.64. The van der Waals surface area contributed by atoms with E-state index in [0.29, 0.717) is 15.9 Å². The van der Waals surface area contributed by atoms with Crippen LogP contribution in [0.3, 0.4) is 0 Å². The summed E-state index contributed by atoms with van der Waals surface area (Å²) in [5, 5.41) is 13.4. The third-order valence-corrected chi connectivity index (χ3v) is 4.04. The summed E-state index contributed by atoms with van der Waals surface area (Å²) >= 11 is 11.7. The molecule has 1 rings (SSSR count). The number of halogens is 2. The van der Waals surface area contributed by atoms with E-state index in [2.05, 4.69) is 5.32 Å². The largest absolute Gasteiger partial charge is 0.388 e. The van der Waals surface area contributed by atoms with Crippen LogP contribution in [-0.4, -0.2) is 27.7 Å². The molecule has 1 unspecified atom stereocenters. The molecule has 0 aliphatic heterocycles. The van der Waals surface area contributed by atoms with Crippen LogP contribution in [0.4, 0.5) is 0 Å². The van der Waals surface area contributed by atoms with Crippen molar-refractivity contribution in [3.05, 3.63) is 21.9 Å². The number of rotatable bonds is 4. The van der Waals surface area contributed by atoms with Crippen molar-refractivity contribution in [2.24, 2.45) is 13.0 Å². The molecule has 1 aromatic heterocycles. The molecule has 0 bridgehead atoms.